The summed E-state index contributed by atoms with van der Waals surface area (Å²) in [6.07, 6.45) is 2.29. The molecule has 0 unspecified atom stereocenters. The van der Waals surface area contributed by atoms with Crippen LogP contribution in [0.3, 0.4) is 0 Å². The van der Waals surface area contributed by atoms with Crippen molar-refractivity contribution in [2.45, 2.75) is 13.0 Å². The summed E-state index contributed by atoms with van der Waals surface area (Å²) in [7, 11) is 0. The van der Waals surface area contributed by atoms with E-state index >= 15 is 0 Å². The topological polar surface area (TPSA) is 59.4 Å². The van der Waals surface area contributed by atoms with Crippen molar-refractivity contribution in [3.8, 4) is 0 Å². The van der Waals surface area contributed by atoms with Gasteiger partial charge in [0, 0.05) is 38.3 Å². The molecule has 0 saturated carbocycles. The molecule has 0 aliphatic carbocycles. The average molecular weight is 284 g/mol. The highest BCUT2D eigenvalue weighted by Crippen LogP contribution is 2.04. The standard InChI is InChI=1S/C12H20N4O2S/c17-12(2-10-19)13-11-1-3-16(14-11)5-4-15-6-8-18-9-7-15/h1,3,19H,2,4-10H2,(H,13,14,17). The van der Waals surface area contributed by atoms with Crippen LogP contribution in [0.2, 0.25) is 0 Å². The lowest BCUT2D eigenvalue weighted by molar-refractivity contribution is -0.115. The number of nitrogens with one attached hydrogen (secondary N) is 1. The molecule has 0 bridgehead atoms. The maximum Gasteiger partial charge on any atom is 0.226 e. The van der Waals surface area contributed by atoms with Crippen LogP contribution in [0.1, 0.15) is 6.42 Å². The molecule has 1 aliphatic heterocycles. The summed E-state index contributed by atoms with van der Waals surface area (Å²) in [4.78, 5) is 13.7. The molecular formula is C12H20N4O2S. The molecule has 1 fully saturated rings. The van der Waals surface area contributed by atoms with Gasteiger partial charge in [-0.1, -0.05) is 0 Å². The van der Waals surface area contributed by atoms with E-state index in [0.29, 0.717) is 18.0 Å². The quantitative estimate of drug-likeness (QED) is 0.746. The molecule has 1 aliphatic rings. The Morgan fingerprint density at radius 2 is 2.21 bits per heavy atom. The minimum atomic E-state index is -0.0478. The van der Waals surface area contributed by atoms with E-state index in [1.807, 2.05) is 16.9 Å². The van der Waals surface area contributed by atoms with Gasteiger partial charge >= 0.3 is 0 Å². The molecule has 0 spiro atoms. The maximum absolute atomic E-state index is 11.4. The number of anilines is 1. The zero-order valence-electron chi connectivity index (χ0n) is 10.9. The van der Waals surface area contributed by atoms with Crippen LogP contribution in [-0.4, -0.2) is 59.2 Å². The van der Waals surface area contributed by atoms with E-state index in [1.165, 1.54) is 0 Å². The number of amides is 1. The Morgan fingerprint density at radius 1 is 1.42 bits per heavy atom. The number of morpholine rings is 1. The third kappa shape index (κ3) is 4.85. The van der Waals surface area contributed by atoms with Gasteiger partial charge in [-0.05, 0) is 5.75 Å². The normalized spacial score (nSPS) is 16.5. The number of carbonyl (C=O) groups is 1. The predicted molar refractivity (Wildman–Crippen MR) is 76.6 cm³/mol. The van der Waals surface area contributed by atoms with Crippen molar-refractivity contribution in [1.29, 1.82) is 0 Å². The molecule has 1 N–H and O–H groups in total. The van der Waals surface area contributed by atoms with Gasteiger partial charge in [-0.2, -0.15) is 17.7 Å². The lowest BCUT2D eigenvalue weighted by atomic mass is 10.4. The summed E-state index contributed by atoms with van der Waals surface area (Å²) < 4.78 is 7.16. The fourth-order valence-corrected chi connectivity index (χ4v) is 2.13. The Balaban J connectivity index is 1.75. The van der Waals surface area contributed by atoms with Gasteiger partial charge in [-0.25, -0.2) is 0 Å². The Hall–Kier alpha value is -1.05. The number of nitrogens with zero attached hydrogens (tertiary/aromatic N) is 3. The summed E-state index contributed by atoms with van der Waals surface area (Å²) in [5, 5.41) is 7.07. The first kappa shape index (κ1) is 14.4. The maximum atomic E-state index is 11.4. The minimum absolute atomic E-state index is 0.0478. The molecule has 0 radical (unpaired) electrons. The van der Waals surface area contributed by atoms with Crippen molar-refractivity contribution in [3.63, 3.8) is 0 Å². The largest absolute Gasteiger partial charge is 0.379 e. The van der Waals surface area contributed by atoms with Crippen LogP contribution in [0.15, 0.2) is 12.3 Å². The molecule has 1 amide bonds. The first-order valence-corrected chi connectivity index (χ1v) is 7.15. The second-order valence-corrected chi connectivity index (χ2v) is 4.89. The van der Waals surface area contributed by atoms with E-state index in [-0.39, 0.29) is 5.91 Å². The summed E-state index contributed by atoms with van der Waals surface area (Å²) in [5.41, 5.74) is 0. The third-order valence-corrected chi connectivity index (χ3v) is 3.22. The molecule has 0 aromatic carbocycles. The van der Waals surface area contributed by atoms with E-state index in [0.717, 1.165) is 39.4 Å². The van der Waals surface area contributed by atoms with Crippen LogP contribution >= 0.6 is 12.6 Å². The number of carbonyl (C=O) groups excluding carboxylic acids is 1. The fraction of sp³-hybridized carbons (Fsp3) is 0.667. The minimum Gasteiger partial charge on any atom is -0.379 e. The zero-order chi connectivity index (χ0) is 13.5. The summed E-state index contributed by atoms with van der Waals surface area (Å²) >= 11 is 4.02. The highest BCUT2D eigenvalue weighted by atomic mass is 32.1. The average Bonchev–Trinajstić information content (AvgIpc) is 2.85. The Bertz CT molecular complexity index is 404. The van der Waals surface area contributed by atoms with Crippen molar-refractivity contribution in [2.24, 2.45) is 0 Å². The van der Waals surface area contributed by atoms with Crippen molar-refractivity contribution in [2.75, 3.05) is 43.9 Å². The lowest BCUT2D eigenvalue weighted by Gasteiger charge is -2.26. The summed E-state index contributed by atoms with van der Waals surface area (Å²) in [6, 6.07) is 1.82. The molecular weight excluding hydrogens is 264 g/mol. The number of hydrogen-bond donors (Lipinski definition) is 2. The number of rotatable bonds is 6. The molecule has 7 heteroatoms. The lowest BCUT2D eigenvalue weighted by Crippen LogP contribution is -2.38. The number of hydrogen-bond acceptors (Lipinski definition) is 5. The SMILES string of the molecule is O=C(CCS)Nc1ccn(CCN2CCOCC2)n1. The highest BCUT2D eigenvalue weighted by Gasteiger charge is 2.10. The third-order valence-electron chi connectivity index (χ3n) is 3.00. The van der Waals surface area contributed by atoms with Gasteiger partial charge in [0.1, 0.15) is 0 Å². The molecule has 2 rings (SSSR count). The van der Waals surface area contributed by atoms with Crippen molar-refractivity contribution >= 4 is 24.4 Å². The van der Waals surface area contributed by atoms with Gasteiger partial charge in [0.05, 0.1) is 19.8 Å². The van der Waals surface area contributed by atoms with E-state index in [9.17, 15) is 4.79 Å². The van der Waals surface area contributed by atoms with Gasteiger partial charge in [-0.3, -0.25) is 14.4 Å². The van der Waals surface area contributed by atoms with Gasteiger partial charge in [-0.15, -0.1) is 0 Å². The predicted octanol–water partition coefficient (Wildman–Crippen LogP) is 0.474. The van der Waals surface area contributed by atoms with Gasteiger partial charge in [0.2, 0.25) is 5.91 Å². The molecule has 6 nitrogen and oxygen atoms in total. The first-order chi connectivity index (χ1) is 9.28. The van der Waals surface area contributed by atoms with Crippen molar-refractivity contribution in [3.05, 3.63) is 12.3 Å². The monoisotopic (exact) mass is 284 g/mol. The highest BCUT2D eigenvalue weighted by molar-refractivity contribution is 7.80. The van der Waals surface area contributed by atoms with E-state index in [1.54, 1.807) is 0 Å². The molecule has 19 heavy (non-hydrogen) atoms. The van der Waals surface area contributed by atoms with Crippen molar-refractivity contribution in [1.82, 2.24) is 14.7 Å². The van der Waals surface area contributed by atoms with Crippen LogP contribution in [0.25, 0.3) is 0 Å². The second kappa shape index (κ2) is 7.52. The van der Waals surface area contributed by atoms with Gasteiger partial charge in [0.25, 0.3) is 0 Å². The second-order valence-electron chi connectivity index (χ2n) is 4.44. The number of ether oxygens (including phenoxy) is 1. The Labute approximate surface area is 118 Å². The van der Waals surface area contributed by atoms with Crippen LogP contribution in [0.4, 0.5) is 5.82 Å². The number of thiol groups is 1. The van der Waals surface area contributed by atoms with Crippen LogP contribution < -0.4 is 5.32 Å². The molecule has 0 atom stereocenters. The zero-order valence-corrected chi connectivity index (χ0v) is 11.8. The molecule has 2 heterocycles. The Kier molecular flexibility index (Phi) is 5.68. The Morgan fingerprint density at radius 3 is 2.95 bits per heavy atom. The first-order valence-electron chi connectivity index (χ1n) is 6.52. The van der Waals surface area contributed by atoms with Crippen molar-refractivity contribution < 1.29 is 9.53 Å². The smallest absolute Gasteiger partial charge is 0.226 e. The van der Waals surface area contributed by atoms with Crippen LogP contribution in [-0.2, 0) is 16.1 Å². The molecule has 1 aromatic rings. The molecule has 106 valence electrons. The molecule has 1 aromatic heterocycles. The fourth-order valence-electron chi connectivity index (χ4n) is 1.93. The van der Waals surface area contributed by atoms with E-state index < -0.39 is 0 Å². The molecule has 1 saturated heterocycles. The van der Waals surface area contributed by atoms with Crippen LogP contribution in [0.5, 0.6) is 0 Å². The summed E-state index contributed by atoms with van der Waals surface area (Å²) in [6.45, 7) is 5.35. The summed E-state index contributed by atoms with van der Waals surface area (Å²) in [5.74, 6) is 1.10. The van der Waals surface area contributed by atoms with E-state index in [4.69, 9.17) is 4.74 Å². The number of aromatic nitrogens is 2. The van der Waals surface area contributed by atoms with E-state index in [2.05, 4.69) is 27.9 Å². The van der Waals surface area contributed by atoms with Gasteiger partial charge in [0.15, 0.2) is 5.82 Å². The van der Waals surface area contributed by atoms with Gasteiger partial charge < -0.3 is 10.1 Å². The van der Waals surface area contributed by atoms with Crippen LogP contribution in [0, 0.1) is 0 Å².